The Balaban J connectivity index is 3.22. The topological polar surface area (TPSA) is 104 Å². The molecular formula is C8H16N4O2S. The summed E-state index contributed by atoms with van der Waals surface area (Å²) in [6, 6.07) is 0.0282. The Labute approximate surface area is 89.3 Å². The van der Waals surface area contributed by atoms with E-state index in [1.54, 1.807) is 0 Å². The standard InChI is InChI=1S/C8H16N4O2S/c1-5(2)6(3)12-8(9)7(4-11-12)15(10,13)14/h4-6H,9H2,1-3H3,(H2,10,13,14). The van der Waals surface area contributed by atoms with E-state index < -0.39 is 10.0 Å². The number of rotatable bonds is 3. The molecule has 0 aliphatic carbocycles. The molecule has 0 spiro atoms. The van der Waals surface area contributed by atoms with Gasteiger partial charge in [-0.25, -0.2) is 18.2 Å². The molecule has 1 unspecified atom stereocenters. The van der Waals surface area contributed by atoms with E-state index >= 15 is 0 Å². The zero-order valence-electron chi connectivity index (χ0n) is 9.01. The van der Waals surface area contributed by atoms with E-state index in [0.29, 0.717) is 5.92 Å². The van der Waals surface area contributed by atoms with E-state index in [1.807, 2.05) is 20.8 Å². The first-order chi connectivity index (χ1) is 6.75. The van der Waals surface area contributed by atoms with Gasteiger partial charge in [0.1, 0.15) is 10.7 Å². The maximum absolute atomic E-state index is 11.1. The second kappa shape index (κ2) is 3.82. The molecule has 15 heavy (non-hydrogen) atoms. The molecule has 1 heterocycles. The van der Waals surface area contributed by atoms with Crippen molar-refractivity contribution < 1.29 is 8.42 Å². The van der Waals surface area contributed by atoms with Crippen LogP contribution in [0.2, 0.25) is 0 Å². The number of nitrogens with zero attached hydrogens (tertiary/aromatic N) is 2. The Bertz CT molecular complexity index is 449. The van der Waals surface area contributed by atoms with Crippen LogP contribution in [0.15, 0.2) is 11.1 Å². The van der Waals surface area contributed by atoms with Crippen molar-refractivity contribution in [1.29, 1.82) is 0 Å². The van der Waals surface area contributed by atoms with Gasteiger partial charge < -0.3 is 5.73 Å². The molecule has 7 heteroatoms. The Kier molecular flexibility index (Phi) is 3.05. The molecule has 1 rings (SSSR count). The molecule has 1 aromatic rings. The number of hydrogen-bond donors (Lipinski definition) is 2. The van der Waals surface area contributed by atoms with Gasteiger partial charge in [-0.2, -0.15) is 5.10 Å². The molecule has 0 fully saturated rings. The molecule has 4 N–H and O–H groups in total. The first-order valence-corrected chi connectivity index (χ1v) is 6.15. The third-order valence-corrected chi connectivity index (χ3v) is 3.38. The zero-order valence-corrected chi connectivity index (χ0v) is 9.82. The monoisotopic (exact) mass is 232 g/mol. The zero-order chi connectivity index (χ0) is 11.8. The smallest absolute Gasteiger partial charge is 0.243 e. The fourth-order valence-electron chi connectivity index (χ4n) is 1.18. The highest BCUT2D eigenvalue weighted by Gasteiger charge is 2.21. The van der Waals surface area contributed by atoms with Gasteiger partial charge in [0.15, 0.2) is 0 Å². The Morgan fingerprint density at radius 2 is 1.93 bits per heavy atom. The van der Waals surface area contributed by atoms with Crippen LogP contribution in [0.25, 0.3) is 0 Å². The van der Waals surface area contributed by atoms with Crippen LogP contribution in [0.4, 0.5) is 5.82 Å². The van der Waals surface area contributed by atoms with Crippen molar-refractivity contribution in [3.8, 4) is 0 Å². The van der Waals surface area contributed by atoms with Crippen LogP contribution >= 0.6 is 0 Å². The van der Waals surface area contributed by atoms with Gasteiger partial charge in [0.25, 0.3) is 0 Å². The molecule has 0 aromatic carbocycles. The summed E-state index contributed by atoms with van der Waals surface area (Å²) in [6.07, 6.45) is 1.18. The molecule has 86 valence electrons. The molecule has 0 aliphatic rings. The summed E-state index contributed by atoms with van der Waals surface area (Å²) in [5.41, 5.74) is 5.67. The summed E-state index contributed by atoms with van der Waals surface area (Å²) in [6.45, 7) is 5.92. The van der Waals surface area contributed by atoms with E-state index in [0.717, 1.165) is 0 Å². The van der Waals surface area contributed by atoms with E-state index in [1.165, 1.54) is 10.9 Å². The van der Waals surface area contributed by atoms with E-state index in [2.05, 4.69) is 5.10 Å². The summed E-state index contributed by atoms with van der Waals surface area (Å²) in [4.78, 5) is -0.116. The van der Waals surface area contributed by atoms with Gasteiger partial charge in [0.2, 0.25) is 10.0 Å². The van der Waals surface area contributed by atoms with Gasteiger partial charge in [-0.3, -0.25) is 0 Å². The molecule has 0 saturated heterocycles. The lowest BCUT2D eigenvalue weighted by Crippen LogP contribution is -2.18. The molecule has 0 aliphatic heterocycles. The van der Waals surface area contributed by atoms with Crippen molar-refractivity contribution in [2.24, 2.45) is 11.1 Å². The second-order valence-electron chi connectivity index (χ2n) is 3.87. The summed E-state index contributed by atoms with van der Waals surface area (Å²) in [5, 5.41) is 8.92. The van der Waals surface area contributed by atoms with Gasteiger partial charge >= 0.3 is 0 Å². The summed E-state index contributed by atoms with van der Waals surface area (Å²) in [5.74, 6) is 0.402. The van der Waals surface area contributed by atoms with E-state index in [4.69, 9.17) is 10.9 Å². The predicted molar refractivity (Wildman–Crippen MR) is 57.6 cm³/mol. The largest absolute Gasteiger partial charge is 0.383 e. The van der Waals surface area contributed by atoms with Crippen molar-refractivity contribution >= 4 is 15.8 Å². The number of sulfonamides is 1. The van der Waals surface area contributed by atoms with Crippen molar-refractivity contribution in [1.82, 2.24) is 9.78 Å². The van der Waals surface area contributed by atoms with Gasteiger partial charge in [-0.15, -0.1) is 0 Å². The minimum absolute atomic E-state index is 0.0282. The SMILES string of the molecule is CC(C)C(C)n1ncc(S(N)(=O)=O)c1N. The lowest BCUT2D eigenvalue weighted by molar-refractivity contribution is 0.380. The van der Waals surface area contributed by atoms with Crippen LogP contribution in [0.1, 0.15) is 26.8 Å². The van der Waals surface area contributed by atoms with Crippen molar-refractivity contribution in [3.05, 3.63) is 6.20 Å². The molecule has 0 bridgehead atoms. The van der Waals surface area contributed by atoms with Crippen LogP contribution < -0.4 is 10.9 Å². The predicted octanol–water partition coefficient (Wildman–Crippen LogP) is 0.330. The average Bonchev–Trinajstić information content (AvgIpc) is 2.44. The van der Waals surface area contributed by atoms with Gasteiger partial charge in [-0.1, -0.05) is 13.8 Å². The Morgan fingerprint density at radius 1 is 1.40 bits per heavy atom. The van der Waals surface area contributed by atoms with E-state index in [-0.39, 0.29) is 16.8 Å². The van der Waals surface area contributed by atoms with Crippen molar-refractivity contribution in [2.45, 2.75) is 31.7 Å². The highest BCUT2D eigenvalue weighted by Crippen LogP contribution is 2.23. The Morgan fingerprint density at radius 3 is 2.27 bits per heavy atom. The summed E-state index contributed by atoms with van der Waals surface area (Å²) in [7, 11) is -3.78. The first kappa shape index (κ1) is 12.0. The number of aromatic nitrogens is 2. The minimum Gasteiger partial charge on any atom is -0.383 e. The number of nitrogens with two attached hydrogens (primary N) is 2. The maximum Gasteiger partial charge on any atom is 0.243 e. The van der Waals surface area contributed by atoms with Crippen LogP contribution in [-0.4, -0.2) is 18.2 Å². The Hall–Kier alpha value is -1.08. The van der Waals surface area contributed by atoms with Crippen molar-refractivity contribution in [3.63, 3.8) is 0 Å². The molecule has 1 atom stereocenters. The number of hydrogen-bond acceptors (Lipinski definition) is 4. The van der Waals surface area contributed by atoms with Crippen molar-refractivity contribution in [2.75, 3.05) is 5.73 Å². The summed E-state index contributed by atoms with van der Waals surface area (Å²) < 4.78 is 23.7. The first-order valence-electron chi connectivity index (χ1n) is 4.61. The van der Waals surface area contributed by atoms with Gasteiger partial charge in [-0.05, 0) is 12.8 Å². The highest BCUT2D eigenvalue weighted by molar-refractivity contribution is 7.89. The van der Waals surface area contributed by atoms with Crippen LogP contribution in [0, 0.1) is 5.92 Å². The van der Waals surface area contributed by atoms with Crippen LogP contribution in [0.3, 0.4) is 0 Å². The lowest BCUT2D eigenvalue weighted by Gasteiger charge is -2.17. The second-order valence-corrected chi connectivity index (χ2v) is 5.40. The highest BCUT2D eigenvalue weighted by atomic mass is 32.2. The summed E-state index contributed by atoms with van der Waals surface area (Å²) >= 11 is 0. The van der Waals surface area contributed by atoms with Gasteiger partial charge in [0, 0.05) is 0 Å². The fraction of sp³-hybridized carbons (Fsp3) is 0.625. The number of primary sulfonamides is 1. The molecule has 6 nitrogen and oxygen atoms in total. The number of anilines is 1. The molecule has 1 aromatic heterocycles. The molecule has 0 amide bonds. The molecule has 0 radical (unpaired) electrons. The maximum atomic E-state index is 11.1. The number of nitrogen functional groups attached to an aromatic ring is 1. The lowest BCUT2D eigenvalue weighted by atomic mass is 10.1. The van der Waals surface area contributed by atoms with Crippen LogP contribution in [-0.2, 0) is 10.0 Å². The normalized spacial score (nSPS) is 14.5. The molecule has 0 saturated carbocycles. The fourth-order valence-corrected chi connectivity index (χ4v) is 1.76. The molecular weight excluding hydrogens is 216 g/mol. The van der Waals surface area contributed by atoms with Gasteiger partial charge in [0.05, 0.1) is 12.2 Å². The minimum atomic E-state index is -3.78. The average molecular weight is 232 g/mol. The third kappa shape index (κ3) is 2.29. The third-order valence-electron chi connectivity index (χ3n) is 2.46. The van der Waals surface area contributed by atoms with E-state index in [9.17, 15) is 8.42 Å². The quantitative estimate of drug-likeness (QED) is 0.783. The van der Waals surface area contributed by atoms with Crippen LogP contribution in [0.5, 0.6) is 0 Å².